The molecule has 1 aromatic heterocycles. The van der Waals surface area contributed by atoms with Crippen LogP contribution in [0.4, 0.5) is 5.69 Å². The van der Waals surface area contributed by atoms with Crippen LogP contribution in [-0.2, 0) is 11.2 Å². The molecule has 0 bridgehead atoms. The lowest BCUT2D eigenvalue weighted by molar-refractivity contribution is -0.139. The molecule has 0 atom stereocenters. The third-order valence-corrected chi connectivity index (χ3v) is 3.13. The monoisotopic (exact) mass is 314 g/mol. The number of rotatable bonds is 8. The molecule has 1 aromatic carbocycles. The molecule has 0 aliphatic rings. The van der Waals surface area contributed by atoms with Crippen LogP contribution in [0.5, 0.6) is 5.75 Å². The summed E-state index contributed by atoms with van der Waals surface area (Å²) in [5, 5.41) is 19.3. The molecule has 0 saturated carbocycles. The topological polar surface area (TPSA) is 121 Å². The van der Waals surface area contributed by atoms with Crippen LogP contribution in [0, 0.1) is 5.41 Å². The molecular formula is C16H18N4O3. The average Bonchev–Trinajstić information content (AvgIpc) is 2.54. The van der Waals surface area contributed by atoms with Crippen LogP contribution < -0.4 is 15.8 Å². The number of nitrogens with zero attached hydrogens (tertiary/aromatic N) is 1. The molecule has 0 fully saturated rings. The highest BCUT2D eigenvalue weighted by molar-refractivity contribution is 5.99. The van der Waals surface area contributed by atoms with Crippen LogP contribution in [0.15, 0.2) is 42.7 Å². The first kappa shape index (κ1) is 16.3. The molecule has 120 valence electrons. The highest BCUT2D eigenvalue weighted by Crippen LogP contribution is 2.14. The Labute approximate surface area is 133 Å². The fourth-order valence-electron chi connectivity index (χ4n) is 2.01. The number of carbonyl (C=O) groups is 1. The number of anilines is 1. The van der Waals surface area contributed by atoms with Gasteiger partial charge in [-0.1, -0.05) is 12.1 Å². The van der Waals surface area contributed by atoms with Crippen LogP contribution in [0.2, 0.25) is 0 Å². The summed E-state index contributed by atoms with van der Waals surface area (Å²) in [5.41, 5.74) is 7.95. The van der Waals surface area contributed by atoms with E-state index in [-0.39, 0.29) is 12.4 Å². The van der Waals surface area contributed by atoms with Gasteiger partial charge in [0.1, 0.15) is 11.6 Å². The molecule has 7 nitrogen and oxygen atoms in total. The van der Waals surface area contributed by atoms with E-state index in [9.17, 15) is 4.79 Å². The zero-order valence-corrected chi connectivity index (χ0v) is 12.5. The number of pyridine rings is 1. The summed E-state index contributed by atoms with van der Waals surface area (Å²) in [6, 6.07) is 8.94. The molecule has 0 aliphatic carbocycles. The summed E-state index contributed by atoms with van der Waals surface area (Å²) in [4.78, 5) is 14.4. The third kappa shape index (κ3) is 4.99. The van der Waals surface area contributed by atoms with Crippen molar-refractivity contribution in [3.63, 3.8) is 0 Å². The molecule has 23 heavy (non-hydrogen) atoms. The summed E-state index contributed by atoms with van der Waals surface area (Å²) in [5.74, 6) is -0.485. The van der Waals surface area contributed by atoms with E-state index in [1.807, 2.05) is 12.1 Å². The van der Waals surface area contributed by atoms with E-state index >= 15 is 0 Å². The van der Waals surface area contributed by atoms with Crippen LogP contribution in [0.3, 0.4) is 0 Å². The second kappa shape index (κ2) is 7.79. The Morgan fingerprint density at radius 3 is 2.70 bits per heavy atom. The molecular weight excluding hydrogens is 296 g/mol. The number of carboxylic acid groups (broad SMARTS) is 1. The molecule has 2 aromatic rings. The Bertz CT molecular complexity index is 686. The minimum atomic E-state index is -1.00. The Morgan fingerprint density at radius 2 is 2.04 bits per heavy atom. The van der Waals surface area contributed by atoms with E-state index in [1.165, 1.54) is 0 Å². The van der Waals surface area contributed by atoms with Gasteiger partial charge in [-0.2, -0.15) is 0 Å². The van der Waals surface area contributed by atoms with E-state index in [4.69, 9.17) is 21.0 Å². The molecule has 0 radical (unpaired) electrons. The highest BCUT2D eigenvalue weighted by Gasteiger charge is 2.04. The van der Waals surface area contributed by atoms with Crippen LogP contribution in [0.25, 0.3) is 0 Å². The predicted molar refractivity (Wildman–Crippen MR) is 87.0 cm³/mol. The molecule has 0 unspecified atom stereocenters. The Morgan fingerprint density at radius 1 is 1.30 bits per heavy atom. The van der Waals surface area contributed by atoms with Gasteiger partial charge in [-0.15, -0.1) is 0 Å². The second-order valence-corrected chi connectivity index (χ2v) is 4.84. The van der Waals surface area contributed by atoms with Gasteiger partial charge in [0.05, 0.1) is 11.9 Å². The van der Waals surface area contributed by atoms with E-state index < -0.39 is 5.97 Å². The minimum absolute atomic E-state index is 0.00479. The smallest absolute Gasteiger partial charge is 0.341 e. The Hall–Kier alpha value is -3.09. The Balaban J connectivity index is 1.87. The average molecular weight is 314 g/mol. The first-order valence-electron chi connectivity index (χ1n) is 7.02. The van der Waals surface area contributed by atoms with Crippen molar-refractivity contribution < 1.29 is 14.6 Å². The zero-order chi connectivity index (χ0) is 16.7. The van der Waals surface area contributed by atoms with E-state index in [0.29, 0.717) is 17.9 Å². The lowest BCUT2D eigenvalue weighted by atomic mass is 10.1. The fourth-order valence-corrected chi connectivity index (χ4v) is 2.01. The van der Waals surface area contributed by atoms with Crippen molar-refractivity contribution in [3.05, 3.63) is 53.9 Å². The van der Waals surface area contributed by atoms with Gasteiger partial charge in [-0.3, -0.25) is 10.4 Å². The van der Waals surface area contributed by atoms with Crippen LogP contribution in [0.1, 0.15) is 11.1 Å². The number of nitrogens with one attached hydrogen (secondary N) is 2. The van der Waals surface area contributed by atoms with E-state index in [2.05, 4.69) is 10.3 Å². The Kier molecular flexibility index (Phi) is 5.51. The van der Waals surface area contributed by atoms with Gasteiger partial charge in [-0.25, -0.2) is 4.79 Å². The van der Waals surface area contributed by atoms with E-state index in [1.54, 1.807) is 30.6 Å². The van der Waals surface area contributed by atoms with Crippen LogP contribution in [-0.4, -0.2) is 35.0 Å². The summed E-state index contributed by atoms with van der Waals surface area (Å²) < 4.78 is 5.08. The largest absolute Gasteiger partial charge is 0.482 e. The van der Waals surface area contributed by atoms with Crippen molar-refractivity contribution in [1.82, 2.24) is 4.98 Å². The van der Waals surface area contributed by atoms with Crippen LogP contribution >= 0.6 is 0 Å². The van der Waals surface area contributed by atoms with Gasteiger partial charge in [-0.05, 0) is 30.2 Å². The summed E-state index contributed by atoms with van der Waals surface area (Å²) in [6.45, 7) is 0.303. The van der Waals surface area contributed by atoms with Crippen molar-refractivity contribution in [3.8, 4) is 5.75 Å². The summed E-state index contributed by atoms with van der Waals surface area (Å²) in [6.07, 6.45) is 3.99. The molecule has 0 saturated heterocycles. The zero-order valence-electron chi connectivity index (χ0n) is 12.5. The third-order valence-electron chi connectivity index (χ3n) is 3.13. The standard InChI is InChI=1S/C16H18N4O3/c17-16(18)13-6-7-19-9-14(13)20-8-5-11-1-3-12(4-2-11)23-10-15(21)22/h1-4,6-7,9,20H,5,8,10H2,(H3,17,18)(H,21,22). The SMILES string of the molecule is N=C(N)c1ccncc1NCCc1ccc(OCC(=O)O)cc1. The van der Waals surface area contributed by atoms with Crippen molar-refractivity contribution in [2.75, 3.05) is 18.5 Å². The highest BCUT2D eigenvalue weighted by atomic mass is 16.5. The van der Waals surface area contributed by atoms with Gasteiger partial charge in [0.2, 0.25) is 0 Å². The molecule has 1 heterocycles. The number of aliphatic carboxylic acids is 1. The van der Waals surface area contributed by atoms with Gasteiger partial charge < -0.3 is 20.9 Å². The second-order valence-electron chi connectivity index (χ2n) is 4.84. The quantitative estimate of drug-likeness (QED) is 0.432. The van der Waals surface area contributed by atoms with Crippen molar-refractivity contribution in [2.45, 2.75) is 6.42 Å². The van der Waals surface area contributed by atoms with Gasteiger partial charge in [0.15, 0.2) is 6.61 Å². The number of hydrogen-bond donors (Lipinski definition) is 4. The maximum Gasteiger partial charge on any atom is 0.341 e. The molecule has 0 aliphatic heterocycles. The van der Waals surface area contributed by atoms with E-state index in [0.717, 1.165) is 17.7 Å². The number of ether oxygens (including phenoxy) is 1. The first-order valence-corrected chi connectivity index (χ1v) is 7.02. The molecule has 7 heteroatoms. The number of nitrogen functional groups attached to an aromatic ring is 1. The van der Waals surface area contributed by atoms with Gasteiger partial charge >= 0.3 is 5.97 Å². The molecule has 5 N–H and O–H groups in total. The number of carboxylic acids is 1. The predicted octanol–water partition coefficient (Wildman–Crippen LogP) is 1.48. The lowest BCUT2D eigenvalue weighted by Gasteiger charge is -2.10. The van der Waals surface area contributed by atoms with Crippen molar-refractivity contribution in [1.29, 1.82) is 5.41 Å². The normalized spacial score (nSPS) is 10.1. The number of amidine groups is 1. The number of nitrogens with two attached hydrogens (primary N) is 1. The summed E-state index contributed by atoms with van der Waals surface area (Å²) >= 11 is 0. The maximum atomic E-state index is 10.4. The molecule has 2 rings (SSSR count). The maximum absolute atomic E-state index is 10.4. The molecule has 0 amide bonds. The minimum Gasteiger partial charge on any atom is -0.482 e. The lowest BCUT2D eigenvalue weighted by Crippen LogP contribution is -2.15. The van der Waals surface area contributed by atoms with Crippen molar-refractivity contribution in [2.24, 2.45) is 5.73 Å². The number of hydrogen-bond acceptors (Lipinski definition) is 5. The van der Waals surface area contributed by atoms with Crippen molar-refractivity contribution >= 4 is 17.5 Å². The first-order chi connectivity index (χ1) is 11.1. The molecule has 0 spiro atoms. The summed E-state index contributed by atoms with van der Waals surface area (Å²) in [7, 11) is 0. The fraction of sp³-hybridized carbons (Fsp3) is 0.188. The van der Waals surface area contributed by atoms with Gasteiger partial charge in [0.25, 0.3) is 0 Å². The number of aromatic nitrogens is 1. The number of benzene rings is 1. The van der Waals surface area contributed by atoms with Gasteiger partial charge in [0, 0.05) is 18.3 Å².